The number of fused-ring (bicyclic) bond motifs is 6. The summed E-state index contributed by atoms with van der Waals surface area (Å²) >= 11 is 0. The molecule has 0 aromatic heterocycles. The van der Waals surface area contributed by atoms with Crippen molar-refractivity contribution >= 4 is 49.4 Å². The Morgan fingerprint density at radius 3 is 0.909 bits per heavy atom. The van der Waals surface area contributed by atoms with Crippen LogP contribution in [0.2, 0.25) is 0 Å². The van der Waals surface area contributed by atoms with Gasteiger partial charge in [-0.05, 0) is 122 Å². The number of rotatable bonds is 6. The van der Waals surface area contributed by atoms with E-state index >= 15 is 0 Å². The highest BCUT2D eigenvalue weighted by molar-refractivity contribution is 5.96. The van der Waals surface area contributed by atoms with Gasteiger partial charge in [0, 0.05) is 69.5 Å². The SMILES string of the molecule is c1ccc2c(N3COc4ccc(-c5cc(-c6ccc7c(c6)CN(c6cccc8ccccc68)CO7)cc(-c6ccc7c(c6)CN(c6cccc8ccccc68)CO7)c5)cc4C3)cccc2c1. The second-order valence-electron chi connectivity index (χ2n) is 17.7. The Labute approximate surface area is 384 Å². The third-order valence-corrected chi connectivity index (χ3v) is 13.6. The van der Waals surface area contributed by atoms with Crippen LogP contribution < -0.4 is 28.9 Å². The Morgan fingerprint density at radius 1 is 0.273 bits per heavy atom. The molecule has 0 saturated heterocycles. The van der Waals surface area contributed by atoms with E-state index in [0.717, 1.165) is 87.0 Å². The maximum Gasteiger partial charge on any atom is 0.161 e. The highest BCUT2D eigenvalue weighted by Gasteiger charge is 2.24. The monoisotopic (exact) mass is 855 g/mol. The van der Waals surface area contributed by atoms with Gasteiger partial charge in [0.1, 0.15) is 17.2 Å². The molecule has 0 radical (unpaired) electrons. The zero-order valence-electron chi connectivity index (χ0n) is 36.4. The van der Waals surface area contributed by atoms with Crippen molar-refractivity contribution in [3.63, 3.8) is 0 Å². The lowest BCUT2D eigenvalue weighted by atomic mass is 9.91. The number of anilines is 3. The fourth-order valence-corrected chi connectivity index (χ4v) is 10.3. The van der Waals surface area contributed by atoms with E-state index in [1.54, 1.807) is 0 Å². The molecule has 66 heavy (non-hydrogen) atoms. The molecule has 10 aromatic rings. The Bertz CT molecular complexity index is 3130. The summed E-state index contributed by atoms with van der Waals surface area (Å²) < 4.78 is 19.3. The number of benzene rings is 10. The van der Waals surface area contributed by atoms with Crippen LogP contribution in [-0.2, 0) is 19.6 Å². The summed E-state index contributed by atoms with van der Waals surface area (Å²) in [6.45, 7) is 3.75. The molecule has 0 atom stereocenters. The minimum atomic E-state index is 0.500. The van der Waals surface area contributed by atoms with Crippen molar-refractivity contribution in [2.75, 3.05) is 34.9 Å². The molecular formula is C60H45N3O3. The van der Waals surface area contributed by atoms with E-state index in [1.807, 2.05) is 0 Å². The molecule has 3 heterocycles. The predicted octanol–water partition coefficient (Wildman–Crippen LogP) is 14.2. The van der Waals surface area contributed by atoms with Crippen LogP contribution in [0.1, 0.15) is 16.7 Å². The van der Waals surface area contributed by atoms with Crippen LogP contribution in [0.4, 0.5) is 17.1 Å². The second kappa shape index (κ2) is 15.8. The third kappa shape index (κ3) is 6.81. The molecule has 0 bridgehead atoms. The molecule has 10 aromatic carbocycles. The molecule has 0 fully saturated rings. The molecule has 13 rings (SSSR count). The van der Waals surface area contributed by atoms with Crippen LogP contribution in [0, 0.1) is 0 Å². The van der Waals surface area contributed by atoms with Crippen LogP contribution in [-0.4, -0.2) is 20.2 Å². The Morgan fingerprint density at radius 2 is 0.576 bits per heavy atom. The largest absolute Gasteiger partial charge is 0.473 e. The summed E-state index contributed by atoms with van der Waals surface area (Å²) in [5.74, 6) is 2.80. The highest BCUT2D eigenvalue weighted by atomic mass is 16.5. The standard InChI is InChI=1S/C60H45N3O3/c1-4-16-52-40(10-1)13-7-19-55(52)61-34-49-28-43(22-25-58(49)64-37-61)46-31-47(44-23-26-59-50(29-44)35-62(38-65-59)56-20-8-14-41-11-2-5-17-53(41)56)33-48(32-46)45-24-27-60-51(30-45)36-63(39-66-60)57-21-9-15-42-12-3-6-18-54(42)57/h1-33H,34-39H2. The summed E-state index contributed by atoms with van der Waals surface area (Å²) in [6.07, 6.45) is 0. The molecule has 0 amide bonds. The average molecular weight is 856 g/mol. The first-order valence-corrected chi connectivity index (χ1v) is 22.8. The summed E-state index contributed by atoms with van der Waals surface area (Å²) in [7, 11) is 0. The quantitative estimate of drug-likeness (QED) is 0.166. The number of nitrogens with zero attached hydrogens (tertiary/aromatic N) is 3. The Balaban J connectivity index is 0.888. The number of ether oxygens (including phenoxy) is 3. The van der Waals surface area contributed by atoms with Crippen molar-refractivity contribution in [3.05, 3.63) is 217 Å². The molecule has 0 saturated carbocycles. The summed E-state index contributed by atoms with van der Waals surface area (Å²) in [6, 6.07) is 72.3. The maximum atomic E-state index is 6.44. The summed E-state index contributed by atoms with van der Waals surface area (Å²) in [5, 5.41) is 7.36. The van der Waals surface area contributed by atoms with Gasteiger partial charge in [-0.2, -0.15) is 0 Å². The minimum Gasteiger partial charge on any atom is -0.473 e. The van der Waals surface area contributed by atoms with Gasteiger partial charge in [-0.25, -0.2) is 0 Å². The van der Waals surface area contributed by atoms with Gasteiger partial charge in [0.2, 0.25) is 0 Å². The second-order valence-corrected chi connectivity index (χ2v) is 17.7. The third-order valence-electron chi connectivity index (χ3n) is 13.6. The van der Waals surface area contributed by atoms with Gasteiger partial charge in [-0.15, -0.1) is 0 Å². The lowest BCUT2D eigenvalue weighted by Crippen LogP contribution is -2.32. The van der Waals surface area contributed by atoms with Gasteiger partial charge in [0.15, 0.2) is 20.2 Å². The Kier molecular flexibility index (Phi) is 9.15. The molecule has 0 aliphatic carbocycles. The van der Waals surface area contributed by atoms with E-state index in [4.69, 9.17) is 14.2 Å². The van der Waals surface area contributed by atoms with Crippen molar-refractivity contribution < 1.29 is 14.2 Å². The van der Waals surface area contributed by atoms with E-state index in [1.165, 1.54) is 49.4 Å². The Hall–Kier alpha value is -8.22. The highest BCUT2D eigenvalue weighted by Crippen LogP contribution is 2.42. The minimum absolute atomic E-state index is 0.500. The van der Waals surface area contributed by atoms with Gasteiger partial charge in [0.05, 0.1) is 0 Å². The van der Waals surface area contributed by atoms with Crippen LogP contribution in [0.15, 0.2) is 200 Å². The van der Waals surface area contributed by atoms with Gasteiger partial charge < -0.3 is 28.9 Å². The predicted molar refractivity (Wildman–Crippen MR) is 270 cm³/mol. The zero-order valence-corrected chi connectivity index (χ0v) is 36.4. The van der Waals surface area contributed by atoms with Crippen molar-refractivity contribution in [3.8, 4) is 50.6 Å². The smallest absolute Gasteiger partial charge is 0.161 e. The average Bonchev–Trinajstić information content (AvgIpc) is 3.39. The normalized spacial score (nSPS) is 14.3. The van der Waals surface area contributed by atoms with Gasteiger partial charge in [0.25, 0.3) is 0 Å². The lowest BCUT2D eigenvalue weighted by molar-refractivity contribution is 0.290. The number of hydrogen-bond acceptors (Lipinski definition) is 6. The van der Waals surface area contributed by atoms with Crippen LogP contribution in [0.3, 0.4) is 0 Å². The van der Waals surface area contributed by atoms with Crippen molar-refractivity contribution in [1.29, 1.82) is 0 Å². The first-order chi connectivity index (χ1) is 32.6. The van der Waals surface area contributed by atoms with E-state index in [2.05, 4.69) is 215 Å². The van der Waals surface area contributed by atoms with Crippen molar-refractivity contribution in [2.24, 2.45) is 0 Å². The topological polar surface area (TPSA) is 37.4 Å². The van der Waals surface area contributed by atoms with E-state index in [9.17, 15) is 0 Å². The van der Waals surface area contributed by atoms with Crippen LogP contribution in [0.25, 0.3) is 65.7 Å². The molecule has 3 aliphatic heterocycles. The molecular weight excluding hydrogens is 811 g/mol. The van der Waals surface area contributed by atoms with E-state index in [-0.39, 0.29) is 0 Å². The van der Waals surface area contributed by atoms with Gasteiger partial charge in [-0.3, -0.25) is 0 Å². The number of hydrogen-bond donors (Lipinski definition) is 0. The first-order valence-electron chi connectivity index (χ1n) is 22.8. The summed E-state index contributed by atoms with van der Waals surface area (Å²) in [4.78, 5) is 7.01. The lowest BCUT2D eigenvalue weighted by Gasteiger charge is -2.32. The van der Waals surface area contributed by atoms with Crippen LogP contribution in [0.5, 0.6) is 17.2 Å². The fraction of sp³-hybridized carbons (Fsp3) is 0.100. The summed E-state index contributed by atoms with van der Waals surface area (Å²) in [5.41, 5.74) is 13.9. The molecule has 3 aliphatic rings. The molecule has 0 spiro atoms. The molecule has 6 heteroatoms. The van der Waals surface area contributed by atoms with E-state index < -0.39 is 0 Å². The molecule has 0 N–H and O–H groups in total. The van der Waals surface area contributed by atoms with Gasteiger partial charge in [-0.1, -0.05) is 127 Å². The van der Waals surface area contributed by atoms with E-state index in [0.29, 0.717) is 20.2 Å². The molecule has 318 valence electrons. The van der Waals surface area contributed by atoms with Gasteiger partial charge >= 0.3 is 0 Å². The van der Waals surface area contributed by atoms with Crippen LogP contribution >= 0.6 is 0 Å². The van der Waals surface area contributed by atoms with Crippen molar-refractivity contribution in [1.82, 2.24) is 0 Å². The molecule has 0 unspecified atom stereocenters. The van der Waals surface area contributed by atoms with Crippen molar-refractivity contribution in [2.45, 2.75) is 19.6 Å². The molecule has 6 nitrogen and oxygen atoms in total. The maximum absolute atomic E-state index is 6.44. The zero-order chi connectivity index (χ0) is 43.6. The first kappa shape index (κ1) is 38.3. The fourth-order valence-electron chi connectivity index (χ4n) is 10.3.